The van der Waals surface area contributed by atoms with E-state index in [-0.39, 0.29) is 6.61 Å². The Kier molecular flexibility index (Phi) is 2.48. The zero-order chi connectivity index (χ0) is 10.9. The zero-order valence-corrected chi connectivity index (χ0v) is 8.64. The number of hydrogen-bond acceptors (Lipinski definition) is 3. The number of carbonyl (C=O) groups is 1. The highest BCUT2D eigenvalue weighted by Gasteiger charge is 2.47. The first-order valence-electron chi connectivity index (χ1n) is 5.03. The molecule has 0 aromatic carbocycles. The Bertz CT molecular complexity index is 366. The molecule has 0 aliphatic carbocycles. The lowest BCUT2D eigenvalue weighted by Gasteiger charge is -2.22. The molecule has 82 valence electrons. The monoisotopic (exact) mass is 210 g/mol. The topological polar surface area (TPSA) is 64.4 Å². The summed E-state index contributed by atoms with van der Waals surface area (Å²) in [7, 11) is 0. The van der Waals surface area contributed by atoms with Crippen LogP contribution in [0.4, 0.5) is 0 Å². The number of aromatic nitrogens is 2. The van der Waals surface area contributed by atoms with Crippen molar-refractivity contribution in [3.8, 4) is 0 Å². The summed E-state index contributed by atoms with van der Waals surface area (Å²) in [6.07, 6.45) is 3.94. The third-order valence-electron chi connectivity index (χ3n) is 2.92. The molecule has 1 aliphatic heterocycles. The summed E-state index contributed by atoms with van der Waals surface area (Å²) in [5.74, 6) is -0.240. The van der Waals surface area contributed by atoms with Crippen LogP contribution in [0.15, 0.2) is 12.4 Å². The Morgan fingerprint density at radius 2 is 2.60 bits per heavy atom. The van der Waals surface area contributed by atoms with Crippen LogP contribution in [0.2, 0.25) is 0 Å². The van der Waals surface area contributed by atoms with Gasteiger partial charge in [-0.05, 0) is 13.3 Å². The predicted molar refractivity (Wildman–Crippen MR) is 52.7 cm³/mol. The van der Waals surface area contributed by atoms with Gasteiger partial charge in [0.15, 0.2) is 5.41 Å². The minimum atomic E-state index is -0.945. The van der Waals surface area contributed by atoms with Crippen molar-refractivity contribution in [2.24, 2.45) is 0 Å². The van der Waals surface area contributed by atoms with Gasteiger partial charge < -0.3 is 14.4 Å². The molecule has 1 unspecified atom stereocenters. The van der Waals surface area contributed by atoms with E-state index in [2.05, 4.69) is 4.98 Å². The highest BCUT2D eigenvalue weighted by atomic mass is 16.5. The van der Waals surface area contributed by atoms with Crippen molar-refractivity contribution in [3.63, 3.8) is 0 Å². The lowest BCUT2D eigenvalue weighted by atomic mass is 9.86. The molecule has 1 N–H and O–H groups in total. The van der Waals surface area contributed by atoms with Gasteiger partial charge in [-0.15, -0.1) is 0 Å². The molecule has 0 saturated carbocycles. The van der Waals surface area contributed by atoms with Crippen molar-refractivity contribution < 1.29 is 14.6 Å². The van der Waals surface area contributed by atoms with E-state index in [4.69, 9.17) is 4.74 Å². The first-order chi connectivity index (χ1) is 7.20. The van der Waals surface area contributed by atoms with E-state index in [1.165, 1.54) is 0 Å². The minimum absolute atomic E-state index is 0.222. The summed E-state index contributed by atoms with van der Waals surface area (Å²) in [6, 6.07) is 0. The lowest BCUT2D eigenvalue weighted by Crippen LogP contribution is -2.39. The fourth-order valence-electron chi connectivity index (χ4n) is 1.99. The van der Waals surface area contributed by atoms with Crippen LogP contribution in [0, 0.1) is 0 Å². The van der Waals surface area contributed by atoms with Gasteiger partial charge in [0.05, 0.1) is 6.61 Å². The van der Waals surface area contributed by atoms with E-state index < -0.39 is 11.4 Å². The molecule has 1 saturated heterocycles. The van der Waals surface area contributed by atoms with Gasteiger partial charge in [-0.1, -0.05) is 0 Å². The van der Waals surface area contributed by atoms with Crippen LogP contribution in [0.25, 0.3) is 0 Å². The third kappa shape index (κ3) is 1.43. The predicted octanol–water partition coefficient (Wildman–Crippen LogP) is 0.646. The van der Waals surface area contributed by atoms with E-state index in [1.807, 2.05) is 11.5 Å². The van der Waals surface area contributed by atoms with E-state index >= 15 is 0 Å². The van der Waals surface area contributed by atoms with Gasteiger partial charge in [-0.25, -0.2) is 4.98 Å². The molecule has 1 atom stereocenters. The maximum absolute atomic E-state index is 11.4. The fourth-order valence-corrected chi connectivity index (χ4v) is 1.99. The van der Waals surface area contributed by atoms with E-state index in [0.29, 0.717) is 18.9 Å². The normalized spacial score (nSPS) is 25.7. The number of ether oxygens (including phenoxy) is 1. The minimum Gasteiger partial charge on any atom is -0.480 e. The van der Waals surface area contributed by atoms with Crippen molar-refractivity contribution in [1.29, 1.82) is 0 Å². The van der Waals surface area contributed by atoms with Crippen molar-refractivity contribution in [1.82, 2.24) is 9.55 Å². The maximum atomic E-state index is 11.4. The Labute approximate surface area is 87.7 Å². The number of carboxylic acids is 1. The van der Waals surface area contributed by atoms with Crippen LogP contribution >= 0.6 is 0 Å². The molecule has 2 rings (SSSR count). The number of imidazole rings is 1. The van der Waals surface area contributed by atoms with Crippen LogP contribution in [0.1, 0.15) is 19.2 Å². The first-order valence-corrected chi connectivity index (χ1v) is 5.03. The lowest BCUT2D eigenvalue weighted by molar-refractivity contribution is -0.144. The van der Waals surface area contributed by atoms with Crippen LogP contribution in [-0.2, 0) is 21.5 Å². The zero-order valence-electron chi connectivity index (χ0n) is 8.64. The first kappa shape index (κ1) is 10.2. The second-order valence-electron chi connectivity index (χ2n) is 3.73. The summed E-state index contributed by atoms with van der Waals surface area (Å²) in [4.78, 5) is 15.5. The molecular formula is C10H14N2O3. The molecular weight excluding hydrogens is 196 g/mol. The number of rotatable bonds is 3. The quantitative estimate of drug-likeness (QED) is 0.795. The van der Waals surface area contributed by atoms with Gasteiger partial charge in [0, 0.05) is 25.5 Å². The van der Waals surface area contributed by atoms with Crippen LogP contribution in [-0.4, -0.2) is 33.8 Å². The Morgan fingerprint density at radius 3 is 3.13 bits per heavy atom. The van der Waals surface area contributed by atoms with Crippen molar-refractivity contribution in [3.05, 3.63) is 18.2 Å². The van der Waals surface area contributed by atoms with Crippen LogP contribution < -0.4 is 0 Å². The summed E-state index contributed by atoms with van der Waals surface area (Å²) in [5, 5.41) is 9.32. The molecule has 5 heteroatoms. The molecule has 1 aliphatic rings. The average Bonchev–Trinajstić information content (AvgIpc) is 2.86. The Balaban J connectivity index is 2.45. The van der Waals surface area contributed by atoms with Gasteiger partial charge in [0.25, 0.3) is 0 Å². The molecule has 0 amide bonds. The SMILES string of the molecule is CCn1ccnc1C1(C(=O)O)CCOC1. The molecule has 15 heavy (non-hydrogen) atoms. The van der Waals surface area contributed by atoms with E-state index in [9.17, 15) is 9.90 Å². The maximum Gasteiger partial charge on any atom is 0.319 e. The fraction of sp³-hybridized carbons (Fsp3) is 0.600. The summed E-state index contributed by atoms with van der Waals surface area (Å²) in [5.41, 5.74) is -0.945. The second-order valence-corrected chi connectivity index (χ2v) is 3.73. The Morgan fingerprint density at radius 1 is 1.80 bits per heavy atom. The summed E-state index contributed by atoms with van der Waals surface area (Å²) >= 11 is 0. The van der Waals surface area contributed by atoms with Gasteiger partial charge >= 0.3 is 5.97 Å². The highest BCUT2D eigenvalue weighted by Crippen LogP contribution is 2.32. The van der Waals surface area contributed by atoms with Gasteiger partial charge in [0.1, 0.15) is 5.82 Å². The summed E-state index contributed by atoms with van der Waals surface area (Å²) < 4.78 is 7.07. The standard InChI is InChI=1S/C10H14N2O3/c1-2-12-5-4-11-8(12)10(9(13)14)3-6-15-7-10/h4-5H,2-3,6-7H2,1H3,(H,13,14). The smallest absolute Gasteiger partial charge is 0.319 e. The summed E-state index contributed by atoms with van der Waals surface area (Å²) in [6.45, 7) is 3.41. The van der Waals surface area contributed by atoms with Crippen molar-refractivity contribution >= 4 is 5.97 Å². The number of aliphatic carboxylic acids is 1. The van der Waals surface area contributed by atoms with Gasteiger partial charge in [0.2, 0.25) is 0 Å². The molecule has 5 nitrogen and oxygen atoms in total. The molecule has 1 aromatic heterocycles. The van der Waals surface area contributed by atoms with Crippen LogP contribution in [0.3, 0.4) is 0 Å². The average molecular weight is 210 g/mol. The second kappa shape index (κ2) is 3.66. The number of nitrogens with zero attached hydrogens (tertiary/aromatic N) is 2. The number of aryl methyl sites for hydroxylation is 1. The number of carboxylic acid groups (broad SMARTS) is 1. The molecule has 0 radical (unpaired) electrons. The van der Waals surface area contributed by atoms with Crippen LogP contribution in [0.5, 0.6) is 0 Å². The highest BCUT2D eigenvalue weighted by molar-refractivity contribution is 5.80. The largest absolute Gasteiger partial charge is 0.480 e. The molecule has 0 bridgehead atoms. The third-order valence-corrected chi connectivity index (χ3v) is 2.92. The number of hydrogen-bond donors (Lipinski definition) is 1. The van der Waals surface area contributed by atoms with Gasteiger partial charge in [-0.3, -0.25) is 4.79 Å². The Hall–Kier alpha value is -1.36. The van der Waals surface area contributed by atoms with E-state index in [1.54, 1.807) is 12.4 Å². The molecule has 1 fully saturated rings. The molecule has 2 heterocycles. The van der Waals surface area contributed by atoms with E-state index in [0.717, 1.165) is 6.54 Å². The van der Waals surface area contributed by atoms with Crippen molar-refractivity contribution in [2.45, 2.75) is 25.3 Å². The molecule has 1 aromatic rings. The van der Waals surface area contributed by atoms with Crippen molar-refractivity contribution in [2.75, 3.05) is 13.2 Å². The molecule has 0 spiro atoms. The van der Waals surface area contributed by atoms with Gasteiger partial charge in [-0.2, -0.15) is 0 Å².